The van der Waals surface area contributed by atoms with Crippen molar-refractivity contribution in [1.82, 2.24) is 87.2 Å². The average molecular weight is 3320 g/mol. The number of benzene rings is 13. The zero-order chi connectivity index (χ0) is 80.1. The molecule has 0 aliphatic rings. The third-order valence-corrected chi connectivity index (χ3v) is 22.3. The van der Waals surface area contributed by atoms with Crippen LogP contribution >= 0.6 is 0 Å². The number of hydrogen-bond donors (Lipinski definition) is 0. The van der Waals surface area contributed by atoms with Gasteiger partial charge in [0.15, 0.2) is 5.65 Å². The first-order valence-corrected chi connectivity index (χ1v) is 39.5. The minimum atomic E-state index is 0. The van der Waals surface area contributed by atoms with E-state index in [0.29, 0.717) is 0 Å². The van der Waals surface area contributed by atoms with Crippen molar-refractivity contribution in [2.45, 2.75) is 27.3 Å². The Kier molecular flexibility index (Phi) is 48.8. The van der Waals surface area contributed by atoms with Gasteiger partial charge >= 0.3 is 0 Å². The van der Waals surface area contributed by atoms with Crippen LogP contribution < -0.4 is 0 Å². The smallest absolute Gasteiger partial charge is 0.168 e. The van der Waals surface area contributed by atoms with E-state index in [4.69, 9.17) is 19.9 Å². The van der Waals surface area contributed by atoms with Crippen LogP contribution in [0.2, 0.25) is 0 Å². The van der Waals surface area contributed by atoms with Gasteiger partial charge in [0.1, 0.15) is 5.65 Å². The number of fused-ring (bicyclic) bond motifs is 42. The monoisotopic (exact) mass is 3320 g/mol. The number of para-hydroxylation sites is 3. The van der Waals surface area contributed by atoms with Crippen molar-refractivity contribution in [3.05, 3.63) is 398 Å². The van der Waals surface area contributed by atoms with E-state index in [2.05, 4.69) is 266 Å². The van der Waals surface area contributed by atoms with Crippen LogP contribution in [0.25, 0.3) is 208 Å². The molecule has 0 saturated carbocycles. The number of tetrazole rings is 1. The van der Waals surface area contributed by atoms with Crippen LogP contribution in [-0.2, 0) is 330 Å². The van der Waals surface area contributed by atoms with Gasteiger partial charge in [-0.2, -0.15) is 5.10 Å². The zero-order valence-electron chi connectivity index (χ0n) is 76.7. The van der Waals surface area contributed by atoms with Crippen LogP contribution in [0.5, 0.6) is 0 Å². The number of rotatable bonds is 1. The molecule has 0 aliphatic heterocycles. The molecule has 12 radical (unpaired) electrons. The maximum atomic E-state index is 4.79. The molecule has 0 amide bonds. The van der Waals surface area contributed by atoms with Gasteiger partial charge in [0, 0.05) is 400 Å². The van der Waals surface area contributed by atoms with Gasteiger partial charge in [0.05, 0.1) is 75.1 Å². The number of hydrogen-bond acceptors (Lipinski definition) is 12. The molecule has 0 bridgehead atoms. The van der Waals surface area contributed by atoms with E-state index in [1.807, 2.05) is 160 Å². The molecule has 0 spiro atoms. The number of aryl methyl sites for hydroxylation is 1. The molecule has 13 aromatic carbocycles. The summed E-state index contributed by atoms with van der Waals surface area (Å²) in [4.78, 5) is 40.6. The van der Waals surface area contributed by atoms with E-state index >= 15 is 0 Å². The molecule has 14 heterocycles. The summed E-state index contributed by atoms with van der Waals surface area (Å²) in [5, 5.41) is 34.9. The molecular weight excluding hydrogens is 3240 g/mol. The molecule has 18 nitrogen and oxygen atoms in total. The zero-order valence-corrected chi connectivity index (χ0v) is 108. The number of imidazole rings is 5. The van der Waals surface area contributed by atoms with Crippen molar-refractivity contribution in [3.63, 3.8) is 0 Å². The molecule has 0 atom stereocenters. The Labute approximate surface area is 1030 Å². The first kappa shape index (κ1) is 125. The van der Waals surface area contributed by atoms with Gasteiger partial charge in [-0.25, -0.2) is 9.50 Å². The molecule has 30 heteroatoms. The Morgan fingerprint density at radius 1 is 0.290 bits per heavy atom. The van der Waals surface area contributed by atoms with Gasteiger partial charge in [0.2, 0.25) is 0 Å². The molecule has 0 N–H and O–H groups in total. The molecule has 27 aromatic rings. The van der Waals surface area contributed by atoms with Crippen molar-refractivity contribution >= 4 is 208 Å². The fourth-order valence-electron chi connectivity index (χ4n) is 17.3. The van der Waals surface area contributed by atoms with E-state index in [0.717, 1.165) is 149 Å². The predicted octanol–water partition coefficient (Wildman–Crippen LogP) is 25.1. The molecule has 14 aromatic heterocycles. The van der Waals surface area contributed by atoms with Crippen molar-refractivity contribution in [1.29, 1.82) is 0 Å². The third-order valence-electron chi connectivity index (χ3n) is 22.3. The molecule has 690 valence electrons. The number of aromatic nitrogens is 18. The average Bonchev–Trinajstić information content (AvgIpc) is 1.57. The van der Waals surface area contributed by atoms with Gasteiger partial charge in [0.25, 0.3) is 0 Å². The van der Waals surface area contributed by atoms with E-state index in [1.54, 1.807) is 23.1 Å². The van der Waals surface area contributed by atoms with Crippen LogP contribution in [-0.4, -0.2) is 87.2 Å². The van der Waals surface area contributed by atoms with Gasteiger partial charge in [-0.1, -0.05) is 172 Å². The van der Waals surface area contributed by atoms with Crippen molar-refractivity contribution in [2.75, 3.05) is 0 Å². The van der Waals surface area contributed by atoms with Crippen LogP contribution in [0.1, 0.15) is 20.8 Å². The fraction of sp³-hybridized carbons (Fsp3) is 0.0556. The molecule has 0 unspecified atom stereocenters. The van der Waals surface area contributed by atoms with Crippen LogP contribution in [0.4, 0.5) is 0 Å². The molecule has 138 heavy (non-hydrogen) atoms. The van der Waals surface area contributed by atoms with Crippen LogP contribution in [0.15, 0.2) is 317 Å². The van der Waals surface area contributed by atoms with Crippen molar-refractivity contribution < 1.29 is 317 Å². The van der Waals surface area contributed by atoms with E-state index in [9.17, 15) is 0 Å². The Balaban J connectivity index is 0.000000338. The van der Waals surface area contributed by atoms with E-state index in [-0.39, 0.29) is 367 Å². The van der Waals surface area contributed by atoms with Gasteiger partial charge in [-0.15, -0.1) is 173 Å². The Hall–Kier alpha value is -5.56. The summed E-state index contributed by atoms with van der Waals surface area (Å²) in [5.74, 6) is 0. The quantitative estimate of drug-likeness (QED) is 0.112. The Morgan fingerprint density at radius 3 is 1.10 bits per heavy atom. The molecular formula is C108H84Ir6N18Y6-12. The normalized spacial score (nSPS) is 10.3. The summed E-state index contributed by atoms with van der Waals surface area (Å²) in [5.41, 5.74) is 18.3. The minimum absolute atomic E-state index is 0. The number of pyridine rings is 8. The second-order valence-electron chi connectivity index (χ2n) is 30.8. The molecule has 27 rings (SSSR count). The molecule has 0 fully saturated rings. The summed E-state index contributed by atoms with van der Waals surface area (Å²) < 4.78 is 12.6. The van der Waals surface area contributed by atoms with Gasteiger partial charge in [-0.05, 0) is 96.7 Å². The van der Waals surface area contributed by atoms with Crippen LogP contribution in [0.3, 0.4) is 0 Å². The van der Waals surface area contributed by atoms with Crippen molar-refractivity contribution in [2.24, 2.45) is 12.5 Å². The van der Waals surface area contributed by atoms with Crippen LogP contribution in [0, 0.1) is 86.4 Å². The second-order valence-corrected chi connectivity index (χ2v) is 30.8. The SMILES string of the molecule is CC(C)(C)Cn1cnc2c3[c-]cccc3c3ccccc3c21.Cn1cnc2c3[c-]cccc3c3ccccc3c21.[CH3-].[CH3-].[CH3-].[CH3-].[CH3-].[CH3-].[Ir].[Ir].[Ir].[Ir].[Ir].[Ir].[Y].[Y].[Y].[Y].[Y].[Y].[c-]1cccc2c1c1nc3ccncc3n1c1ccccc21.[c-]1cccc2c1c1nc3ccncc3n1c1ccncc21.[c-]1cccc2c1c1nc3ncccc3n1c1ccccc21.[c-]1cccc2c1c1nnnn1c1ccccc21. The Bertz CT molecular complexity index is 8330. The largest absolute Gasteiger partial charge is 0.358 e. The maximum absolute atomic E-state index is 4.79. The first-order chi connectivity index (χ1) is 59.2. The van der Waals surface area contributed by atoms with E-state index in [1.165, 1.54) is 64.9 Å². The maximum Gasteiger partial charge on any atom is 0.168 e. The summed E-state index contributed by atoms with van der Waals surface area (Å²) in [7, 11) is 2.04. The Morgan fingerprint density at radius 2 is 0.630 bits per heavy atom. The minimum Gasteiger partial charge on any atom is -0.358 e. The summed E-state index contributed by atoms with van der Waals surface area (Å²) in [6.07, 6.45) is 16.6. The molecule has 0 aliphatic carbocycles. The second kappa shape index (κ2) is 54.0. The van der Waals surface area contributed by atoms with Gasteiger partial charge < -0.3 is 66.9 Å². The first-order valence-electron chi connectivity index (χ1n) is 39.5. The number of nitrogens with zero attached hydrogens (tertiary/aromatic N) is 18. The predicted molar refractivity (Wildman–Crippen MR) is 522 cm³/mol. The fourth-order valence-corrected chi connectivity index (χ4v) is 17.3. The van der Waals surface area contributed by atoms with Gasteiger partial charge in [-0.3, -0.25) is 39.9 Å². The summed E-state index contributed by atoms with van der Waals surface area (Å²) in [6.45, 7) is 7.72. The standard InChI is InChI=1S/C20H19N2.2C18H10N3.C17H9N4.C16H11N2.C13H7N4.6CH3.6Ir.6Y/c1-20(2,3)12-22-13-21-18-16-10-6-4-8-14(16)15-9-5-7-11-17(15)19(18)22;1-2-8-14-12(6-1)13-7-3-4-9-15(13)21-16-10-5-11-19-17(16)20-18(14)21;1-2-7-14-12(5-1)13-6-3-4-8-16(13)21-17-11-19-10-9-15(17)20-18(14)21;1-2-4-12-11(3-1)13-9-18-8-6-15(13)21-16-10-19-7-5-14(16)20-17(12)21;1-18-10-17-15-13-8-4-2-6-11(13)12-7-3-5-9-14(12)16(15)18;1-2-7-11-9(5-1)10-6-3-4-8-12(10)17-13(11)14-15-16-17;;;;;;;;;;;;;;;;;;/h4-9,11,13H,12H2,1-3H3;1-7,9-11H;1-6,8-11H;1-3,5-10H;2-7,9-10H,1H3;1-6,8H;6*1H3;;;;;;;;;;;;/q12*-1;;;;;;;;;;;;. The summed E-state index contributed by atoms with van der Waals surface area (Å²) in [6, 6.07) is 108. The molecule has 0 saturated heterocycles. The van der Waals surface area contributed by atoms with E-state index < -0.39 is 0 Å². The topological polar surface area (TPSA) is 182 Å². The van der Waals surface area contributed by atoms with Crippen molar-refractivity contribution in [3.8, 4) is 0 Å². The summed E-state index contributed by atoms with van der Waals surface area (Å²) >= 11 is 0. The third kappa shape index (κ3) is 23.0.